The first-order chi connectivity index (χ1) is 19.3. The number of aromatic nitrogens is 2. The molecule has 5 rings (SSSR count). The minimum Gasteiger partial charge on any atom is -0.459 e. The van der Waals surface area contributed by atoms with Crippen LogP contribution < -0.4 is 11.2 Å². The maximum atomic E-state index is 13.6. The number of aryl methyl sites for hydroxylation is 2. The van der Waals surface area contributed by atoms with E-state index in [0.717, 1.165) is 10.1 Å². The number of hydrogen-bond acceptors (Lipinski definition) is 7. The highest BCUT2D eigenvalue weighted by Gasteiger charge is 2.40. The highest BCUT2D eigenvalue weighted by molar-refractivity contribution is 5.90. The Hall–Kier alpha value is -4.76. The molecule has 0 amide bonds. The van der Waals surface area contributed by atoms with Gasteiger partial charge in [0.2, 0.25) is 0 Å². The Kier molecular flexibility index (Phi) is 7.75. The third-order valence-electron chi connectivity index (χ3n) is 6.72. The van der Waals surface area contributed by atoms with Gasteiger partial charge in [0, 0.05) is 18.2 Å². The van der Waals surface area contributed by atoms with Gasteiger partial charge in [-0.1, -0.05) is 54.1 Å². The van der Waals surface area contributed by atoms with Crippen LogP contribution in [0.3, 0.4) is 0 Å². The maximum Gasteiger partial charge on any atom is 0.338 e. The van der Waals surface area contributed by atoms with E-state index < -0.39 is 41.6 Å². The summed E-state index contributed by atoms with van der Waals surface area (Å²) in [6.07, 6.45) is -1.01. The third-order valence-corrected chi connectivity index (χ3v) is 6.72. The van der Waals surface area contributed by atoms with E-state index in [9.17, 15) is 19.2 Å². The van der Waals surface area contributed by atoms with Gasteiger partial charge in [-0.25, -0.2) is 19.0 Å². The molecule has 0 saturated carbocycles. The molecule has 9 nitrogen and oxygen atoms in total. The number of ether oxygens (including phenoxy) is 3. The molecule has 1 aliphatic heterocycles. The summed E-state index contributed by atoms with van der Waals surface area (Å²) in [7, 11) is 0. The fraction of sp³-hybridized carbons (Fsp3) is 0.226. The molecule has 2 heterocycles. The first-order valence-electron chi connectivity index (χ1n) is 12.9. The van der Waals surface area contributed by atoms with Crippen LogP contribution in [0.5, 0.6) is 0 Å². The van der Waals surface area contributed by atoms with Gasteiger partial charge in [-0.3, -0.25) is 9.36 Å². The molecule has 204 valence electrons. The average Bonchev–Trinajstić information content (AvgIpc) is 3.37. The van der Waals surface area contributed by atoms with Crippen molar-refractivity contribution in [2.24, 2.45) is 0 Å². The van der Waals surface area contributed by atoms with Crippen LogP contribution in [0.2, 0.25) is 0 Å². The molecule has 0 N–H and O–H groups in total. The van der Waals surface area contributed by atoms with E-state index >= 15 is 0 Å². The fourth-order valence-electron chi connectivity index (χ4n) is 4.57. The Labute approximate surface area is 230 Å². The Bertz CT molecular complexity index is 1630. The summed E-state index contributed by atoms with van der Waals surface area (Å²) in [4.78, 5) is 52.0. The van der Waals surface area contributed by atoms with Crippen LogP contribution in [0.15, 0.2) is 101 Å². The molecule has 0 bridgehead atoms. The van der Waals surface area contributed by atoms with E-state index in [2.05, 4.69) is 0 Å². The topological polar surface area (TPSA) is 106 Å². The minimum atomic E-state index is -0.877. The summed E-state index contributed by atoms with van der Waals surface area (Å²) < 4.78 is 19.8. The predicted octanol–water partition coefficient (Wildman–Crippen LogP) is 3.99. The summed E-state index contributed by atoms with van der Waals surface area (Å²) in [5, 5.41) is 0. The lowest BCUT2D eigenvalue weighted by Crippen LogP contribution is -2.41. The van der Waals surface area contributed by atoms with E-state index in [1.165, 1.54) is 10.8 Å². The molecule has 1 saturated heterocycles. The van der Waals surface area contributed by atoms with Crippen molar-refractivity contribution in [2.75, 3.05) is 6.61 Å². The predicted molar refractivity (Wildman–Crippen MR) is 147 cm³/mol. The van der Waals surface area contributed by atoms with E-state index in [1.807, 2.05) is 19.1 Å². The number of benzene rings is 3. The summed E-state index contributed by atoms with van der Waals surface area (Å²) in [6.45, 7) is 3.32. The largest absolute Gasteiger partial charge is 0.459 e. The van der Waals surface area contributed by atoms with Gasteiger partial charge in [0.15, 0.2) is 0 Å². The Morgan fingerprint density at radius 3 is 2.08 bits per heavy atom. The lowest BCUT2D eigenvalue weighted by molar-refractivity contribution is -0.0584. The maximum absolute atomic E-state index is 13.6. The molecular weight excluding hydrogens is 512 g/mol. The van der Waals surface area contributed by atoms with Crippen molar-refractivity contribution in [3.05, 3.63) is 134 Å². The van der Waals surface area contributed by atoms with Gasteiger partial charge in [-0.05, 0) is 50.2 Å². The van der Waals surface area contributed by atoms with Gasteiger partial charge in [-0.2, -0.15) is 0 Å². The van der Waals surface area contributed by atoms with Crippen molar-refractivity contribution in [1.82, 2.24) is 9.13 Å². The normalized spacial score (nSPS) is 18.3. The smallest absolute Gasteiger partial charge is 0.338 e. The van der Waals surface area contributed by atoms with Gasteiger partial charge >= 0.3 is 17.6 Å². The molecule has 3 atom stereocenters. The first kappa shape index (κ1) is 26.8. The zero-order valence-electron chi connectivity index (χ0n) is 22.1. The van der Waals surface area contributed by atoms with E-state index in [4.69, 9.17) is 14.2 Å². The SMILES string of the molecule is Cc1ccc(-n2c(=O)c(C)cn([C@H]3C[C@H](OC(=O)c4ccccc4)[C@@H](COC(=O)c4ccccc4)O3)c2=O)cc1. The van der Waals surface area contributed by atoms with Gasteiger partial charge in [-0.15, -0.1) is 0 Å². The van der Waals surface area contributed by atoms with Gasteiger partial charge < -0.3 is 14.2 Å². The molecule has 3 aromatic carbocycles. The highest BCUT2D eigenvalue weighted by Crippen LogP contribution is 2.31. The van der Waals surface area contributed by atoms with Crippen molar-refractivity contribution >= 4 is 11.9 Å². The molecule has 1 aromatic heterocycles. The lowest BCUT2D eigenvalue weighted by Gasteiger charge is -2.19. The van der Waals surface area contributed by atoms with Crippen molar-refractivity contribution in [3.8, 4) is 5.69 Å². The van der Waals surface area contributed by atoms with E-state index in [1.54, 1.807) is 79.7 Å². The fourth-order valence-corrected chi connectivity index (χ4v) is 4.57. The van der Waals surface area contributed by atoms with Crippen LogP contribution in [0.1, 0.15) is 44.5 Å². The van der Waals surface area contributed by atoms with Gasteiger partial charge in [0.1, 0.15) is 25.0 Å². The minimum absolute atomic E-state index is 0.109. The molecule has 4 aromatic rings. The van der Waals surface area contributed by atoms with Crippen molar-refractivity contribution < 1.29 is 23.8 Å². The third kappa shape index (κ3) is 5.64. The first-order valence-corrected chi connectivity index (χ1v) is 12.9. The van der Waals surface area contributed by atoms with E-state index in [0.29, 0.717) is 22.4 Å². The van der Waals surface area contributed by atoms with Crippen LogP contribution >= 0.6 is 0 Å². The summed E-state index contributed by atoms with van der Waals surface area (Å²) in [5.41, 5.74) is 1.43. The molecule has 0 aliphatic carbocycles. The molecule has 0 spiro atoms. The van der Waals surface area contributed by atoms with Crippen molar-refractivity contribution in [3.63, 3.8) is 0 Å². The molecule has 1 aliphatic rings. The van der Waals surface area contributed by atoms with Crippen LogP contribution in [0.25, 0.3) is 5.69 Å². The number of hydrogen-bond donors (Lipinski definition) is 0. The molecule has 40 heavy (non-hydrogen) atoms. The standard InChI is InChI=1S/C31H28N2O7/c1-20-13-15-24(16-14-20)33-28(34)21(2)18-32(31(33)37)27-17-25(40-30(36)23-11-7-4-8-12-23)26(39-27)19-38-29(35)22-9-5-3-6-10-22/h3-16,18,25-27H,17,19H2,1-2H3/t25-,26+,27+/m0/s1. The number of rotatable bonds is 7. The lowest BCUT2D eigenvalue weighted by atomic mass is 10.1. The van der Waals surface area contributed by atoms with Gasteiger partial charge in [0.05, 0.1) is 16.8 Å². The summed E-state index contributed by atoms with van der Waals surface area (Å²) >= 11 is 0. The summed E-state index contributed by atoms with van der Waals surface area (Å²) in [6, 6.07) is 24.0. The second-order valence-electron chi connectivity index (χ2n) is 9.62. The van der Waals surface area contributed by atoms with Gasteiger partial charge in [0.25, 0.3) is 5.56 Å². The van der Waals surface area contributed by atoms with Crippen LogP contribution in [-0.2, 0) is 14.2 Å². The number of nitrogens with zero attached hydrogens (tertiary/aromatic N) is 2. The van der Waals surface area contributed by atoms with Crippen LogP contribution in [0.4, 0.5) is 0 Å². The zero-order valence-corrected chi connectivity index (χ0v) is 22.1. The Morgan fingerprint density at radius 1 is 0.850 bits per heavy atom. The number of carbonyl (C=O) groups is 2. The summed E-state index contributed by atoms with van der Waals surface area (Å²) in [5.74, 6) is -1.12. The second kappa shape index (κ2) is 11.5. The quantitative estimate of drug-likeness (QED) is 0.327. The van der Waals surface area contributed by atoms with Crippen molar-refractivity contribution in [1.29, 1.82) is 0 Å². The molecule has 1 fully saturated rings. The van der Waals surface area contributed by atoms with Crippen LogP contribution in [-0.4, -0.2) is 39.9 Å². The molecular formula is C31H28N2O7. The average molecular weight is 541 g/mol. The second-order valence-corrected chi connectivity index (χ2v) is 9.62. The highest BCUT2D eigenvalue weighted by atomic mass is 16.6. The zero-order chi connectivity index (χ0) is 28.2. The van der Waals surface area contributed by atoms with Crippen molar-refractivity contribution in [2.45, 2.75) is 38.7 Å². The monoisotopic (exact) mass is 540 g/mol. The Balaban J connectivity index is 1.44. The molecule has 0 unspecified atom stereocenters. The van der Waals surface area contributed by atoms with E-state index in [-0.39, 0.29) is 13.0 Å². The Morgan fingerprint density at radius 2 is 1.45 bits per heavy atom. The van der Waals surface area contributed by atoms with Crippen LogP contribution in [0, 0.1) is 13.8 Å². The number of esters is 2. The molecule has 9 heteroatoms. The number of carbonyl (C=O) groups excluding carboxylic acids is 2. The molecule has 0 radical (unpaired) electrons.